The average molecular weight is 328 g/mol. The molecule has 6 heteroatoms. The van der Waals surface area contributed by atoms with Gasteiger partial charge in [0.1, 0.15) is 0 Å². The molecule has 124 valence electrons. The Kier molecular flexibility index (Phi) is 6.37. The van der Waals surface area contributed by atoms with Crippen LogP contribution in [0.5, 0.6) is 0 Å². The van der Waals surface area contributed by atoms with Crippen molar-refractivity contribution in [2.45, 2.75) is 56.8 Å². The molecule has 0 spiro atoms. The van der Waals surface area contributed by atoms with E-state index in [0.717, 1.165) is 31.4 Å². The zero-order chi connectivity index (χ0) is 16.0. The predicted octanol–water partition coefficient (Wildman–Crippen LogP) is 3.02. The molecule has 1 aromatic carbocycles. The molecular formula is C16H24O5S. The fourth-order valence-electron chi connectivity index (χ4n) is 2.24. The van der Waals surface area contributed by atoms with Gasteiger partial charge in [-0.15, -0.1) is 0 Å². The van der Waals surface area contributed by atoms with Crippen molar-refractivity contribution in [3.8, 4) is 0 Å². The molecule has 1 fully saturated rings. The Morgan fingerprint density at radius 1 is 1.27 bits per heavy atom. The highest BCUT2D eigenvalue weighted by molar-refractivity contribution is 7.86. The maximum Gasteiger partial charge on any atom is 0.296 e. The predicted molar refractivity (Wildman–Crippen MR) is 83.1 cm³/mol. The van der Waals surface area contributed by atoms with E-state index in [1.54, 1.807) is 24.3 Å². The number of hydrogen-bond acceptors (Lipinski definition) is 5. The van der Waals surface area contributed by atoms with Gasteiger partial charge >= 0.3 is 0 Å². The minimum atomic E-state index is -3.69. The molecule has 1 saturated heterocycles. The monoisotopic (exact) mass is 328 g/mol. The van der Waals surface area contributed by atoms with E-state index in [2.05, 4.69) is 0 Å². The van der Waals surface area contributed by atoms with Crippen LogP contribution in [0.25, 0.3) is 0 Å². The van der Waals surface area contributed by atoms with Crippen LogP contribution in [-0.4, -0.2) is 34.0 Å². The Morgan fingerprint density at radius 3 is 2.64 bits per heavy atom. The average Bonchev–Trinajstić information content (AvgIpc) is 2.48. The molecule has 5 nitrogen and oxygen atoms in total. The van der Waals surface area contributed by atoms with Crippen LogP contribution < -0.4 is 0 Å². The summed E-state index contributed by atoms with van der Waals surface area (Å²) in [5, 5.41) is 0. The summed E-state index contributed by atoms with van der Waals surface area (Å²) in [6, 6.07) is 6.62. The molecule has 0 saturated carbocycles. The maximum atomic E-state index is 12.0. The van der Waals surface area contributed by atoms with Crippen LogP contribution in [0.3, 0.4) is 0 Å². The Balaban J connectivity index is 1.75. The lowest BCUT2D eigenvalue weighted by atomic mass is 10.2. The second kappa shape index (κ2) is 8.06. The number of ether oxygens (including phenoxy) is 2. The van der Waals surface area contributed by atoms with Gasteiger partial charge in [-0.3, -0.25) is 4.18 Å². The number of aryl methyl sites for hydroxylation is 1. The van der Waals surface area contributed by atoms with Crippen LogP contribution in [0.4, 0.5) is 0 Å². The molecule has 0 radical (unpaired) electrons. The summed E-state index contributed by atoms with van der Waals surface area (Å²) in [6.07, 6.45) is 3.31. The van der Waals surface area contributed by atoms with Crippen molar-refractivity contribution in [3.63, 3.8) is 0 Å². The second-order valence-corrected chi connectivity index (χ2v) is 7.24. The Bertz CT molecular complexity index is 546. The molecule has 1 aliphatic rings. The minimum Gasteiger partial charge on any atom is -0.353 e. The summed E-state index contributed by atoms with van der Waals surface area (Å²) in [5.74, 6) is 0. The number of rotatable bonds is 7. The van der Waals surface area contributed by atoms with Gasteiger partial charge in [0.15, 0.2) is 6.29 Å². The van der Waals surface area contributed by atoms with Crippen LogP contribution >= 0.6 is 0 Å². The summed E-state index contributed by atoms with van der Waals surface area (Å²) in [6.45, 7) is 4.64. The zero-order valence-electron chi connectivity index (χ0n) is 13.2. The SMILES string of the molecule is Cc1ccc(S(=O)(=O)OCCC(C)O[C@H]2CCCCO2)cc1. The zero-order valence-corrected chi connectivity index (χ0v) is 14.0. The fourth-order valence-corrected chi connectivity index (χ4v) is 3.16. The van der Waals surface area contributed by atoms with Crippen LogP contribution in [0, 0.1) is 6.92 Å². The van der Waals surface area contributed by atoms with E-state index in [1.807, 2.05) is 13.8 Å². The van der Waals surface area contributed by atoms with Gasteiger partial charge in [0.05, 0.1) is 17.6 Å². The third kappa shape index (κ3) is 5.35. The maximum absolute atomic E-state index is 12.0. The van der Waals surface area contributed by atoms with Gasteiger partial charge in [-0.25, -0.2) is 0 Å². The van der Waals surface area contributed by atoms with E-state index in [0.29, 0.717) is 6.42 Å². The Morgan fingerprint density at radius 2 is 2.00 bits per heavy atom. The molecule has 0 bridgehead atoms. The topological polar surface area (TPSA) is 61.8 Å². The second-order valence-electron chi connectivity index (χ2n) is 5.62. The largest absolute Gasteiger partial charge is 0.353 e. The summed E-state index contributed by atoms with van der Waals surface area (Å²) >= 11 is 0. The molecule has 0 aliphatic carbocycles. The molecule has 0 aromatic heterocycles. The van der Waals surface area contributed by atoms with Crippen LogP contribution in [0.2, 0.25) is 0 Å². The summed E-state index contributed by atoms with van der Waals surface area (Å²) in [4.78, 5) is 0.183. The minimum absolute atomic E-state index is 0.101. The van der Waals surface area contributed by atoms with Crippen molar-refractivity contribution in [1.82, 2.24) is 0 Å². The lowest BCUT2D eigenvalue weighted by Gasteiger charge is -2.25. The van der Waals surface area contributed by atoms with Crippen molar-refractivity contribution in [3.05, 3.63) is 29.8 Å². The molecule has 1 heterocycles. The summed E-state index contributed by atoms with van der Waals surface area (Å²) in [5.41, 5.74) is 1.01. The number of benzene rings is 1. The first-order valence-electron chi connectivity index (χ1n) is 7.70. The van der Waals surface area contributed by atoms with Gasteiger partial charge in [-0.05, 0) is 51.7 Å². The lowest BCUT2D eigenvalue weighted by molar-refractivity contribution is -0.186. The summed E-state index contributed by atoms with van der Waals surface area (Å²) < 4.78 is 40.3. The van der Waals surface area contributed by atoms with Gasteiger partial charge in [-0.2, -0.15) is 8.42 Å². The van der Waals surface area contributed by atoms with E-state index < -0.39 is 10.1 Å². The Labute approximate surface area is 132 Å². The van der Waals surface area contributed by atoms with Crippen LogP contribution in [0.15, 0.2) is 29.2 Å². The van der Waals surface area contributed by atoms with Gasteiger partial charge in [0.25, 0.3) is 10.1 Å². The lowest BCUT2D eigenvalue weighted by Crippen LogP contribution is -2.27. The van der Waals surface area contributed by atoms with Crippen LogP contribution in [-0.2, 0) is 23.8 Å². The molecule has 0 amide bonds. The number of hydrogen-bond donors (Lipinski definition) is 0. The highest BCUT2D eigenvalue weighted by atomic mass is 32.2. The molecular weight excluding hydrogens is 304 g/mol. The molecule has 1 unspecified atom stereocenters. The van der Waals surface area contributed by atoms with Gasteiger partial charge in [-0.1, -0.05) is 17.7 Å². The van der Waals surface area contributed by atoms with E-state index in [-0.39, 0.29) is 23.9 Å². The normalized spacial score (nSPS) is 20.7. The van der Waals surface area contributed by atoms with E-state index in [4.69, 9.17) is 13.7 Å². The summed E-state index contributed by atoms with van der Waals surface area (Å²) in [7, 11) is -3.69. The van der Waals surface area contributed by atoms with Gasteiger partial charge in [0, 0.05) is 6.61 Å². The smallest absolute Gasteiger partial charge is 0.296 e. The van der Waals surface area contributed by atoms with E-state index >= 15 is 0 Å². The highest BCUT2D eigenvalue weighted by Gasteiger charge is 2.19. The van der Waals surface area contributed by atoms with Gasteiger partial charge in [0.2, 0.25) is 0 Å². The molecule has 2 atom stereocenters. The first kappa shape index (κ1) is 17.4. The van der Waals surface area contributed by atoms with Crippen molar-refractivity contribution in [2.24, 2.45) is 0 Å². The molecule has 1 aromatic rings. The van der Waals surface area contributed by atoms with Crippen molar-refractivity contribution in [2.75, 3.05) is 13.2 Å². The molecule has 2 rings (SSSR count). The van der Waals surface area contributed by atoms with Crippen molar-refractivity contribution in [1.29, 1.82) is 0 Å². The molecule has 1 aliphatic heterocycles. The van der Waals surface area contributed by atoms with Gasteiger partial charge < -0.3 is 9.47 Å². The quantitative estimate of drug-likeness (QED) is 0.720. The third-order valence-electron chi connectivity index (χ3n) is 3.59. The molecule has 0 N–H and O–H groups in total. The van der Waals surface area contributed by atoms with E-state index in [9.17, 15) is 8.42 Å². The van der Waals surface area contributed by atoms with Crippen LogP contribution in [0.1, 0.15) is 38.2 Å². The third-order valence-corrected chi connectivity index (χ3v) is 4.92. The van der Waals surface area contributed by atoms with Crippen molar-refractivity contribution >= 4 is 10.1 Å². The first-order valence-corrected chi connectivity index (χ1v) is 9.11. The fraction of sp³-hybridized carbons (Fsp3) is 0.625. The molecule has 22 heavy (non-hydrogen) atoms. The Hall–Kier alpha value is -0.950. The van der Waals surface area contributed by atoms with Crippen molar-refractivity contribution < 1.29 is 22.1 Å². The highest BCUT2D eigenvalue weighted by Crippen LogP contribution is 2.17. The van der Waals surface area contributed by atoms with E-state index in [1.165, 1.54) is 0 Å². The first-order chi connectivity index (χ1) is 10.5. The standard InChI is InChI=1S/C16H24O5S/c1-13-6-8-15(9-7-13)22(17,18)20-12-10-14(2)21-16-5-3-4-11-19-16/h6-9,14,16H,3-5,10-12H2,1-2H3/t14?,16-/m0/s1.